The number of hydrogen-bond donors (Lipinski definition) is 3. The number of sulfonamides is 1. The van der Waals surface area contributed by atoms with Crippen molar-refractivity contribution in [1.29, 1.82) is 0 Å². The topological polar surface area (TPSA) is 79.5 Å². The Labute approximate surface area is 189 Å². The molecule has 0 spiro atoms. The van der Waals surface area contributed by atoms with Crippen LogP contribution in [0.1, 0.15) is 26.2 Å². The minimum Gasteiger partial charge on any atom is -0.492 e. The Kier molecular flexibility index (Phi) is 10.0. The van der Waals surface area contributed by atoms with Gasteiger partial charge in [-0.25, -0.2) is 8.42 Å². The van der Waals surface area contributed by atoms with Crippen LogP contribution in [0.4, 0.5) is 11.4 Å². The third kappa shape index (κ3) is 9.43. The molecule has 0 heterocycles. The van der Waals surface area contributed by atoms with Crippen LogP contribution in [0.3, 0.4) is 0 Å². The van der Waals surface area contributed by atoms with Gasteiger partial charge in [0.25, 0.3) is 0 Å². The van der Waals surface area contributed by atoms with E-state index in [0.717, 1.165) is 37.8 Å². The fourth-order valence-electron chi connectivity index (χ4n) is 2.84. The molecular formula is C21H29Cl2N3O3S. The molecule has 0 aliphatic rings. The summed E-state index contributed by atoms with van der Waals surface area (Å²) < 4.78 is 30.7. The van der Waals surface area contributed by atoms with E-state index in [2.05, 4.69) is 22.3 Å². The third-order valence-electron chi connectivity index (χ3n) is 4.34. The van der Waals surface area contributed by atoms with Gasteiger partial charge in [-0.15, -0.1) is 0 Å². The van der Waals surface area contributed by atoms with Crippen molar-refractivity contribution in [3.63, 3.8) is 0 Å². The molecule has 0 aliphatic heterocycles. The van der Waals surface area contributed by atoms with Gasteiger partial charge in [0.15, 0.2) is 0 Å². The van der Waals surface area contributed by atoms with Gasteiger partial charge in [0.1, 0.15) is 12.4 Å². The standard InChI is InChI=1S/C21H29Cl2N3O3S/c1-3-4-5-18(15-25-17-8-11-20(22)21(23)14-17)24-12-13-29-19-9-6-16(7-10-19)26-30(2,27)28/h6-11,14,18,24-26H,3-5,12-13,15H2,1-2H3/t18-/m1/s1. The molecule has 6 nitrogen and oxygen atoms in total. The quantitative estimate of drug-likeness (QED) is 0.356. The molecule has 2 aromatic rings. The van der Waals surface area contributed by atoms with Crippen LogP contribution in [0.2, 0.25) is 10.0 Å². The lowest BCUT2D eigenvalue weighted by Crippen LogP contribution is -2.37. The zero-order chi connectivity index (χ0) is 22.0. The van der Waals surface area contributed by atoms with E-state index in [1.807, 2.05) is 12.1 Å². The van der Waals surface area contributed by atoms with Crippen molar-refractivity contribution in [3.05, 3.63) is 52.5 Å². The molecule has 0 fully saturated rings. The highest BCUT2D eigenvalue weighted by atomic mass is 35.5. The predicted molar refractivity (Wildman–Crippen MR) is 127 cm³/mol. The molecule has 2 rings (SSSR count). The van der Waals surface area contributed by atoms with E-state index in [9.17, 15) is 8.42 Å². The number of halogens is 2. The number of anilines is 2. The fourth-order valence-corrected chi connectivity index (χ4v) is 3.70. The fraction of sp³-hybridized carbons (Fsp3) is 0.429. The first-order valence-electron chi connectivity index (χ1n) is 9.90. The van der Waals surface area contributed by atoms with Crippen molar-refractivity contribution < 1.29 is 13.2 Å². The van der Waals surface area contributed by atoms with Crippen LogP contribution >= 0.6 is 23.2 Å². The van der Waals surface area contributed by atoms with Crippen LogP contribution in [0.25, 0.3) is 0 Å². The van der Waals surface area contributed by atoms with Crippen molar-refractivity contribution in [2.45, 2.75) is 32.2 Å². The Morgan fingerprint density at radius 1 is 1.03 bits per heavy atom. The normalized spacial score (nSPS) is 12.4. The Bertz CT molecular complexity index is 893. The molecule has 9 heteroatoms. The third-order valence-corrected chi connectivity index (χ3v) is 5.69. The van der Waals surface area contributed by atoms with E-state index >= 15 is 0 Å². The molecule has 0 bridgehead atoms. The summed E-state index contributed by atoms with van der Waals surface area (Å²) in [5, 5.41) is 8.00. The number of rotatable bonds is 13. The molecule has 0 unspecified atom stereocenters. The largest absolute Gasteiger partial charge is 0.492 e. The van der Waals surface area contributed by atoms with Crippen LogP contribution in [-0.4, -0.2) is 40.4 Å². The highest BCUT2D eigenvalue weighted by Crippen LogP contribution is 2.25. The van der Waals surface area contributed by atoms with E-state index in [0.29, 0.717) is 40.7 Å². The first-order valence-corrected chi connectivity index (χ1v) is 12.5. The monoisotopic (exact) mass is 473 g/mol. The molecule has 0 saturated carbocycles. The number of ether oxygens (including phenoxy) is 1. The van der Waals surface area contributed by atoms with Crippen molar-refractivity contribution >= 4 is 44.6 Å². The second kappa shape index (κ2) is 12.2. The van der Waals surface area contributed by atoms with Gasteiger partial charge in [-0.05, 0) is 48.9 Å². The highest BCUT2D eigenvalue weighted by molar-refractivity contribution is 7.92. The van der Waals surface area contributed by atoms with Crippen molar-refractivity contribution in [2.24, 2.45) is 0 Å². The summed E-state index contributed by atoms with van der Waals surface area (Å²) in [6.45, 7) is 4.15. The van der Waals surface area contributed by atoms with Crippen LogP contribution in [-0.2, 0) is 10.0 Å². The second-order valence-corrected chi connectivity index (χ2v) is 9.61. The Hall–Kier alpha value is -1.67. The van der Waals surface area contributed by atoms with E-state index in [4.69, 9.17) is 27.9 Å². The summed E-state index contributed by atoms with van der Waals surface area (Å²) >= 11 is 12.0. The Balaban J connectivity index is 1.77. The van der Waals surface area contributed by atoms with Gasteiger partial charge in [-0.1, -0.05) is 43.0 Å². The lowest BCUT2D eigenvalue weighted by molar-refractivity contribution is 0.303. The van der Waals surface area contributed by atoms with E-state index < -0.39 is 10.0 Å². The molecule has 0 saturated heterocycles. The Morgan fingerprint density at radius 3 is 2.37 bits per heavy atom. The smallest absolute Gasteiger partial charge is 0.229 e. The number of unbranched alkanes of at least 4 members (excludes halogenated alkanes) is 1. The SMILES string of the molecule is CCCC[C@H](CNc1ccc(Cl)c(Cl)c1)NCCOc1ccc(NS(C)(=O)=O)cc1. The summed E-state index contributed by atoms with van der Waals surface area (Å²) in [6.07, 6.45) is 4.44. The lowest BCUT2D eigenvalue weighted by atomic mass is 10.1. The van der Waals surface area contributed by atoms with Crippen LogP contribution < -0.4 is 20.1 Å². The summed E-state index contributed by atoms with van der Waals surface area (Å²) in [7, 11) is -3.28. The van der Waals surface area contributed by atoms with Gasteiger partial charge in [0.05, 0.1) is 16.3 Å². The molecule has 0 aromatic heterocycles. The summed E-state index contributed by atoms with van der Waals surface area (Å²) in [6, 6.07) is 12.7. The van der Waals surface area contributed by atoms with E-state index in [-0.39, 0.29) is 0 Å². The van der Waals surface area contributed by atoms with E-state index in [1.165, 1.54) is 0 Å². The number of hydrogen-bond acceptors (Lipinski definition) is 5. The molecule has 166 valence electrons. The van der Waals surface area contributed by atoms with Gasteiger partial charge in [0, 0.05) is 30.5 Å². The molecule has 2 aromatic carbocycles. The maximum absolute atomic E-state index is 11.2. The van der Waals surface area contributed by atoms with Crippen molar-refractivity contribution in [1.82, 2.24) is 5.32 Å². The zero-order valence-electron chi connectivity index (χ0n) is 17.3. The van der Waals surface area contributed by atoms with Gasteiger partial charge in [0.2, 0.25) is 10.0 Å². The van der Waals surface area contributed by atoms with Gasteiger partial charge in [-0.2, -0.15) is 0 Å². The van der Waals surface area contributed by atoms with Gasteiger partial charge in [-0.3, -0.25) is 4.72 Å². The van der Waals surface area contributed by atoms with Gasteiger partial charge >= 0.3 is 0 Å². The second-order valence-electron chi connectivity index (χ2n) is 7.05. The maximum atomic E-state index is 11.2. The van der Waals surface area contributed by atoms with Crippen LogP contribution in [0.5, 0.6) is 5.75 Å². The first-order chi connectivity index (χ1) is 14.3. The molecule has 3 N–H and O–H groups in total. The molecule has 0 aliphatic carbocycles. The number of benzene rings is 2. The first kappa shape index (κ1) is 24.6. The molecule has 1 atom stereocenters. The predicted octanol–water partition coefficient (Wildman–Crippen LogP) is 5.00. The highest BCUT2D eigenvalue weighted by Gasteiger charge is 2.09. The average molecular weight is 474 g/mol. The minimum absolute atomic E-state index is 0.296. The minimum atomic E-state index is -3.28. The molecule has 30 heavy (non-hydrogen) atoms. The summed E-state index contributed by atoms with van der Waals surface area (Å²) in [5.74, 6) is 0.690. The summed E-state index contributed by atoms with van der Waals surface area (Å²) in [5.41, 5.74) is 1.45. The van der Waals surface area contributed by atoms with Gasteiger partial charge < -0.3 is 15.4 Å². The van der Waals surface area contributed by atoms with E-state index in [1.54, 1.807) is 30.3 Å². The number of nitrogens with one attached hydrogen (secondary N) is 3. The molecular weight excluding hydrogens is 445 g/mol. The molecule has 0 radical (unpaired) electrons. The van der Waals surface area contributed by atoms with Crippen molar-refractivity contribution in [3.8, 4) is 5.75 Å². The molecule has 0 amide bonds. The Morgan fingerprint density at radius 2 is 1.73 bits per heavy atom. The van der Waals surface area contributed by atoms with Crippen LogP contribution in [0.15, 0.2) is 42.5 Å². The summed E-state index contributed by atoms with van der Waals surface area (Å²) in [4.78, 5) is 0. The zero-order valence-corrected chi connectivity index (χ0v) is 19.6. The van der Waals surface area contributed by atoms with Crippen LogP contribution in [0, 0.1) is 0 Å². The lowest BCUT2D eigenvalue weighted by Gasteiger charge is -2.20. The van der Waals surface area contributed by atoms with Crippen molar-refractivity contribution in [2.75, 3.05) is 36.0 Å². The maximum Gasteiger partial charge on any atom is 0.229 e. The average Bonchev–Trinajstić information content (AvgIpc) is 2.69.